The SMILES string of the molecule is CC[C@H](C(=O)NC(C)C)N(Cc1ccc(Cl)cc1Cl)C(=O)CN(c1ccc(OC)c(OC)c1)S(=O)(=O)c1ccc(C)cc1. The maximum absolute atomic E-state index is 14.2. The normalized spacial score (nSPS) is 12.0. The van der Waals surface area contributed by atoms with Gasteiger partial charge in [-0.2, -0.15) is 0 Å². The zero-order valence-corrected chi connectivity index (χ0v) is 27.4. The van der Waals surface area contributed by atoms with Gasteiger partial charge in [-0.15, -0.1) is 0 Å². The number of nitrogens with one attached hydrogen (secondary N) is 1. The highest BCUT2D eigenvalue weighted by Gasteiger charge is 2.34. The molecule has 0 fully saturated rings. The molecule has 232 valence electrons. The van der Waals surface area contributed by atoms with Gasteiger partial charge in [0.15, 0.2) is 11.5 Å². The van der Waals surface area contributed by atoms with Crippen LogP contribution in [-0.4, -0.2) is 58.0 Å². The highest BCUT2D eigenvalue weighted by Crippen LogP contribution is 2.34. The summed E-state index contributed by atoms with van der Waals surface area (Å²) >= 11 is 12.6. The van der Waals surface area contributed by atoms with Crippen LogP contribution in [0.5, 0.6) is 11.5 Å². The predicted molar refractivity (Wildman–Crippen MR) is 170 cm³/mol. The molecule has 0 heterocycles. The molecule has 2 amide bonds. The molecule has 9 nitrogen and oxygen atoms in total. The molecule has 0 aromatic heterocycles. The van der Waals surface area contributed by atoms with E-state index < -0.39 is 28.5 Å². The second-order valence-electron chi connectivity index (χ2n) is 10.2. The van der Waals surface area contributed by atoms with Gasteiger partial charge in [0.25, 0.3) is 10.0 Å². The Morgan fingerprint density at radius 1 is 0.930 bits per heavy atom. The Hall–Kier alpha value is -3.47. The highest BCUT2D eigenvalue weighted by molar-refractivity contribution is 7.92. The number of hydrogen-bond donors (Lipinski definition) is 1. The third-order valence-corrected chi connectivity index (χ3v) is 9.09. The second kappa shape index (κ2) is 14.8. The van der Waals surface area contributed by atoms with Crippen LogP contribution < -0.4 is 19.1 Å². The summed E-state index contributed by atoms with van der Waals surface area (Å²) in [5, 5.41) is 3.59. The molecule has 0 saturated carbocycles. The topological polar surface area (TPSA) is 105 Å². The molecule has 12 heteroatoms. The number of rotatable bonds is 13. The molecule has 0 aliphatic heterocycles. The summed E-state index contributed by atoms with van der Waals surface area (Å²) in [6, 6.07) is 14.7. The van der Waals surface area contributed by atoms with Gasteiger partial charge in [-0.05, 0) is 69.2 Å². The maximum Gasteiger partial charge on any atom is 0.264 e. The van der Waals surface area contributed by atoms with Crippen molar-refractivity contribution < 1.29 is 27.5 Å². The Morgan fingerprint density at radius 3 is 2.14 bits per heavy atom. The second-order valence-corrected chi connectivity index (χ2v) is 12.9. The molecule has 3 aromatic carbocycles. The molecule has 1 N–H and O–H groups in total. The van der Waals surface area contributed by atoms with Crippen molar-refractivity contribution in [1.82, 2.24) is 10.2 Å². The summed E-state index contributed by atoms with van der Waals surface area (Å²) < 4.78 is 39.9. The minimum Gasteiger partial charge on any atom is -0.493 e. The molecule has 3 aromatic rings. The molecule has 0 bridgehead atoms. The molecule has 3 rings (SSSR count). The number of amides is 2. The zero-order chi connectivity index (χ0) is 31.9. The lowest BCUT2D eigenvalue weighted by molar-refractivity contribution is -0.140. The number of sulfonamides is 1. The maximum atomic E-state index is 14.2. The van der Waals surface area contributed by atoms with Crippen molar-refractivity contribution in [2.75, 3.05) is 25.1 Å². The molecule has 0 unspecified atom stereocenters. The van der Waals surface area contributed by atoms with Gasteiger partial charge in [0, 0.05) is 28.7 Å². The summed E-state index contributed by atoms with van der Waals surface area (Å²) in [6.45, 7) is 6.60. The number of ether oxygens (including phenoxy) is 2. The predicted octanol–water partition coefficient (Wildman–Crippen LogP) is 5.85. The fourth-order valence-corrected chi connectivity index (χ4v) is 6.35. The third kappa shape index (κ3) is 8.34. The molecule has 0 aliphatic rings. The van der Waals surface area contributed by atoms with Crippen LogP contribution in [-0.2, 0) is 26.2 Å². The van der Waals surface area contributed by atoms with E-state index >= 15 is 0 Å². The monoisotopic (exact) mass is 649 g/mol. The number of nitrogens with zero attached hydrogens (tertiary/aromatic N) is 2. The lowest BCUT2D eigenvalue weighted by Gasteiger charge is -2.34. The Morgan fingerprint density at radius 2 is 1.58 bits per heavy atom. The average molecular weight is 651 g/mol. The first kappa shape index (κ1) is 34.0. The van der Waals surface area contributed by atoms with Gasteiger partial charge in [-0.25, -0.2) is 8.42 Å². The van der Waals surface area contributed by atoms with E-state index in [0.717, 1.165) is 9.87 Å². The quantitative estimate of drug-likeness (QED) is 0.249. The van der Waals surface area contributed by atoms with E-state index in [2.05, 4.69) is 5.32 Å². The van der Waals surface area contributed by atoms with Crippen molar-refractivity contribution in [2.45, 2.75) is 57.6 Å². The highest BCUT2D eigenvalue weighted by atomic mass is 35.5. The Balaban J connectivity index is 2.14. The molecule has 43 heavy (non-hydrogen) atoms. The van der Waals surface area contributed by atoms with Crippen molar-refractivity contribution in [3.05, 3.63) is 81.8 Å². The van der Waals surface area contributed by atoms with Gasteiger partial charge in [0.1, 0.15) is 12.6 Å². The summed E-state index contributed by atoms with van der Waals surface area (Å²) in [7, 11) is -1.36. The molecular formula is C31H37Cl2N3O6S. The van der Waals surface area contributed by atoms with E-state index in [4.69, 9.17) is 32.7 Å². The lowest BCUT2D eigenvalue weighted by atomic mass is 10.1. The van der Waals surface area contributed by atoms with Crippen molar-refractivity contribution in [1.29, 1.82) is 0 Å². The van der Waals surface area contributed by atoms with E-state index in [0.29, 0.717) is 21.4 Å². The molecule has 1 atom stereocenters. The minimum atomic E-state index is -4.26. The number of halogens is 2. The molecule has 0 spiro atoms. The Kier molecular flexibility index (Phi) is 11.7. The van der Waals surface area contributed by atoms with Crippen molar-refractivity contribution in [3.63, 3.8) is 0 Å². The Bertz CT molecular complexity index is 1550. The first-order valence-electron chi connectivity index (χ1n) is 13.7. The van der Waals surface area contributed by atoms with Gasteiger partial charge < -0.3 is 19.7 Å². The summed E-state index contributed by atoms with van der Waals surface area (Å²) in [4.78, 5) is 28.9. The number of hydrogen-bond acceptors (Lipinski definition) is 6. The number of carbonyl (C=O) groups excluding carboxylic acids is 2. The summed E-state index contributed by atoms with van der Waals surface area (Å²) in [5.74, 6) is -0.304. The van der Waals surface area contributed by atoms with Crippen LogP contribution in [0.3, 0.4) is 0 Å². The van der Waals surface area contributed by atoms with Crippen molar-refractivity contribution >= 4 is 50.7 Å². The van der Waals surface area contributed by atoms with Crippen LogP contribution >= 0.6 is 23.2 Å². The number of carbonyl (C=O) groups is 2. The van der Waals surface area contributed by atoms with Crippen molar-refractivity contribution in [2.24, 2.45) is 0 Å². The fraction of sp³-hybridized carbons (Fsp3) is 0.355. The standard InChI is InChI=1S/C31H37Cl2N3O6S/c1-7-27(31(38)34-20(2)3)35(18-22-10-11-23(32)16-26(22)33)30(37)19-36(24-12-15-28(41-5)29(17-24)42-6)43(39,40)25-13-8-21(4)9-14-25/h8-17,20,27H,7,18-19H2,1-6H3,(H,34,38)/t27-/m1/s1. The lowest BCUT2D eigenvalue weighted by Crippen LogP contribution is -2.53. The van der Waals surface area contributed by atoms with Crippen LogP contribution in [0.4, 0.5) is 5.69 Å². The van der Waals surface area contributed by atoms with Crippen molar-refractivity contribution in [3.8, 4) is 11.5 Å². The van der Waals surface area contributed by atoms with E-state index in [1.165, 1.54) is 43.4 Å². The van der Waals surface area contributed by atoms with E-state index in [1.54, 1.807) is 43.3 Å². The third-order valence-electron chi connectivity index (χ3n) is 6.72. The van der Waals surface area contributed by atoms with Crippen LogP contribution in [0.15, 0.2) is 65.6 Å². The average Bonchev–Trinajstić information content (AvgIpc) is 2.96. The summed E-state index contributed by atoms with van der Waals surface area (Å²) in [5.41, 5.74) is 1.60. The van der Waals surface area contributed by atoms with Crippen LogP contribution in [0.25, 0.3) is 0 Å². The molecule has 0 saturated heterocycles. The number of benzene rings is 3. The zero-order valence-electron chi connectivity index (χ0n) is 25.1. The molecule has 0 radical (unpaired) electrons. The first-order valence-corrected chi connectivity index (χ1v) is 15.9. The largest absolute Gasteiger partial charge is 0.493 e. The molecule has 0 aliphatic carbocycles. The van der Waals surface area contributed by atoms with Crippen LogP contribution in [0.2, 0.25) is 10.0 Å². The van der Waals surface area contributed by atoms with Crippen LogP contribution in [0, 0.1) is 6.92 Å². The number of anilines is 1. The van der Waals surface area contributed by atoms with Gasteiger partial charge in [0.2, 0.25) is 11.8 Å². The fourth-order valence-electron chi connectivity index (χ4n) is 4.48. The van der Waals surface area contributed by atoms with E-state index in [9.17, 15) is 18.0 Å². The first-order chi connectivity index (χ1) is 20.3. The van der Waals surface area contributed by atoms with Gasteiger partial charge in [-0.3, -0.25) is 13.9 Å². The van der Waals surface area contributed by atoms with Gasteiger partial charge in [0.05, 0.1) is 24.8 Å². The van der Waals surface area contributed by atoms with Gasteiger partial charge >= 0.3 is 0 Å². The number of aryl methyl sites for hydroxylation is 1. The smallest absolute Gasteiger partial charge is 0.264 e. The van der Waals surface area contributed by atoms with E-state index in [1.807, 2.05) is 20.8 Å². The Labute approximate surface area is 263 Å². The minimum absolute atomic E-state index is 0.00225. The van der Waals surface area contributed by atoms with E-state index in [-0.39, 0.29) is 41.2 Å². The van der Waals surface area contributed by atoms with Crippen LogP contribution in [0.1, 0.15) is 38.3 Å². The van der Waals surface area contributed by atoms with Gasteiger partial charge in [-0.1, -0.05) is 53.9 Å². The molecular weight excluding hydrogens is 613 g/mol. The number of methoxy groups -OCH3 is 2. The summed E-state index contributed by atoms with van der Waals surface area (Å²) in [6.07, 6.45) is 0.274.